The standard InChI is InChI=1S/C20H23N5O3/c1-4-11-21-16(26)12-24-14(3)17(19(27)28-5-2)18(15-9-7-6-8-10-15)25-20(24)22-13-23-25/h4,6-10,13,18H,1,5,11-12H2,2-3H3,(H,21,26). The van der Waals surface area contributed by atoms with Crippen LogP contribution in [-0.4, -0.2) is 46.3 Å². The molecule has 1 aromatic carbocycles. The number of amides is 1. The van der Waals surface area contributed by atoms with Gasteiger partial charge in [-0.05, 0) is 19.4 Å². The number of hydrogen-bond acceptors (Lipinski definition) is 6. The summed E-state index contributed by atoms with van der Waals surface area (Å²) in [5.74, 6) is -0.158. The summed E-state index contributed by atoms with van der Waals surface area (Å²) in [6, 6.07) is 9.08. The third-order valence-corrected chi connectivity index (χ3v) is 4.46. The molecule has 3 rings (SSSR count). The van der Waals surface area contributed by atoms with Gasteiger partial charge in [-0.1, -0.05) is 36.4 Å². The van der Waals surface area contributed by atoms with Crippen molar-refractivity contribution in [2.45, 2.75) is 19.9 Å². The molecule has 0 saturated heterocycles. The molecule has 0 bridgehead atoms. The van der Waals surface area contributed by atoms with E-state index in [0.29, 0.717) is 23.8 Å². The number of carbonyl (C=O) groups excluding carboxylic acids is 2. The van der Waals surface area contributed by atoms with Gasteiger partial charge in [0, 0.05) is 12.2 Å². The minimum atomic E-state index is -0.481. The van der Waals surface area contributed by atoms with Crippen LogP contribution in [0.15, 0.2) is 60.6 Å². The number of carbonyl (C=O) groups is 2. The lowest BCUT2D eigenvalue weighted by Crippen LogP contribution is -2.42. The third kappa shape index (κ3) is 3.66. The average molecular weight is 381 g/mol. The summed E-state index contributed by atoms with van der Waals surface area (Å²) >= 11 is 0. The Morgan fingerprint density at radius 3 is 2.75 bits per heavy atom. The highest BCUT2D eigenvalue weighted by Gasteiger charge is 2.38. The maximum absolute atomic E-state index is 12.8. The molecule has 146 valence electrons. The third-order valence-electron chi connectivity index (χ3n) is 4.46. The van der Waals surface area contributed by atoms with E-state index in [1.54, 1.807) is 29.5 Å². The molecule has 1 aliphatic rings. The Morgan fingerprint density at radius 1 is 1.32 bits per heavy atom. The molecule has 0 radical (unpaired) electrons. The fourth-order valence-corrected chi connectivity index (χ4v) is 3.22. The Hall–Kier alpha value is -3.42. The fraction of sp³-hybridized carbons (Fsp3) is 0.300. The fourth-order valence-electron chi connectivity index (χ4n) is 3.22. The molecule has 1 aliphatic heterocycles. The maximum atomic E-state index is 12.8. The summed E-state index contributed by atoms with van der Waals surface area (Å²) < 4.78 is 6.96. The Labute approximate surface area is 163 Å². The van der Waals surface area contributed by atoms with Gasteiger partial charge in [-0.25, -0.2) is 9.48 Å². The van der Waals surface area contributed by atoms with Crippen LogP contribution in [0.25, 0.3) is 0 Å². The number of allylic oxidation sites excluding steroid dienone is 1. The molecule has 2 aromatic rings. The summed E-state index contributed by atoms with van der Waals surface area (Å²) in [7, 11) is 0. The number of rotatable bonds is 7. The molecule has 0 aliphatic carbocycles. The molecule has 0 saturated carbocycles. The molecule has 8 heteroatoms. The van der Waals surface area contributed by atoms with Gasteiger partial charge in [-0.3, -0.25) is 4.79 Å². The predicted molar refractivity (Wildman–Crippen MR) is 104 cm³/mol. The Balaban J connectivity index is 2.08. The smallest absolute Gasteiger partial charge is 0.338 e. The van der Waals surface area contributed by atoms with E-state index in [2.05, 4.69) is 22.0 Å². The van der Waals surface area contributed by atoms with E-state index in [-0.39, 0.29) is 19.1 Å². The number of anilines is 1. The molecule has 8 nitrogen and oxygen atoms in total. The lowest BCUT2D eigenvalue weighted by Gasteiger charge is -2.35. The molecule has 1 aromatic heterocycles. The van der Waals surface area contributed by atoms with Gasteiger partial charge in [0.1, 0.15) is 18.9 Å². The number of fused-ring (bicyclic) bond motifs is 1. The van der Waals surface area contributed by atoms with Crippen LogP contribution in [0.2, 0.25) is 0 Å². The van der Waals surface area contributed by atoms with Crippen LogP contribution in [0.4, 0.5) is 5.95 Å². The first-order chi connectivity index (χ1) is 13.6. The summed E-state index contributed by atoms with van der Waals surface area (Å²) in [4.78, 5) is 31.2. The van der Waals surface area contributed by atoms with Crippen LogP contribution in [0, 0.1) is 0 Å². The molecule has 2 heterocycles. The van der Waals surface area contributed by atoms with E-state index in [1.807, 2.05) is 30.3 Å². The maximum Gasteiger partial charge on any atom is 0.338 e. The van der Waals surface area contributed by atoms with Gasteiger partial charge in [-0.2, -0.15) is 10.1 Å². The number of hydrogen-bond donors (Lipinski definition) is 1. The highest BCUT2D eigenvalue weighted by molar-refractivity contribution is 5.93. The van der Waals surface area contributed by atoms with Crippen molar-refractivity contribution >= 4 is 17.8 Å². The van der Waals surface area contributed by atoms with Gasteiger partial charge in [-0.15, -0.1) is 6.58 Å². The summed E-state index contributed by atoms with van der Waals surface area (Å²) in [6.45, 7) is 7.76. The zero-order chi connectivity index (χ0) is 20.1. The minimum absolute atomic E-state index is 0.00276. The number of esters is 1. The van der Waals surface area contributed by atoms with E-state index in [0.717, 1.165) is 5.56 Å². The molecule has 1 unspecified atom stereocenters. The van der Waals surface area contributed by atoms with Gasteiger partial charge in [0.25, 0.3) is 0 Å². The van der Waals surface area contributed by atoms with Crippen LogP contribution >= 0.6 is 0 Å². The number of nitrogens with zero attached hydrogens (tertiary/aromatic N) is 4. The summed E-state index contributed by atoms with van der Waals surface area (Å²) in [6.07, 6.45) is 3.02. The van der Waals surface area contributed by atoms with Crippen molar-refractivity contribution in [2.24, 2.45) is 0 Å². The van der Waals surface area contributed by atoms with Crippen molar-refractivity contribution in [1.29, 1.82) is 0 Å². The molecular weight excluding hydrogens is 358 g/mol. The van der Waals surface area contributed by atoms with E-state index < -0.39 is 12.0 Å². The quantitative estimate of drug-likeness (QED) is 0.581. The lowest BCUT2D eigenvalue weighted by molar-refractivity contribution is -0.139. The van der Waals surface area contributed by atoms with Crippen LogP contribution in [0.5, 0.6) is 0 Å². The summed E-state index contributed by atoms with van der Waals surface area (Å²) in [5, 5.41) is 7.08. The first-order valence-electron chi connectivity index (χ1n) is 9.06. The second kappa shape index (κ2) is 8.51. The molecule has 1 atom stereocenters. The topological polar surface area (TPSA) is 89.4 Å². The first kappa shape index (κ1) is 19.3. The van der Waals surface area contributed by atoms with Gasteiger partial charge in [0.15, 0.2) is 0 Å². The van der Waals surface area contributed by atoms with Crippen molar-refractivity contribution in [1.82, 2.24) is 20.1 Å². The number of nitrogens with one attached hydrogen (secondary N) is 1. The van der Waals surface area contributed by atoms with Crippen LogP contribution in [0.3, 0.4) is 0 Å². The normalized spacial score (nSPS) is 15.8. The van der Waals surface area contributed by atoms with E-state index in [9.17, 15) is 9.59 Å². The monoisotopic (exact) mass is 381 g/mol. The van der Waals surface area contributed by atoms with Crippen LogP contribution < -0.4 is 10.2 Å². The van der Waals surface area contributed by atoms with Crippen LogP contribution in [-0.2, 0) is 14.3 Å². The summed E-state index contributed by atoms with van der Waals surface area (Å²) in [5.41, 5.74) is 1.93. The van der Waals surface area contributed by atoms with E-state index >= 15 is 0 Å². The highest BCUT2D eigenvalue weighted by atomic mass is 16.5. The zero-order valence-electron chi connectivity index (χ0n) is 16.0. The second-order valence-corrected chi connectivity index (χ2v) is 6.22. The first-order valence-corrected chi connectivity index (χ1v) is 9.06. The predicted octanol–water partition coefficient (Wildman–Crippen LogP) is 1.83. The number of benzene rings is 1. The Morgan fingerprint density at radius 2 is 2.07 bits per heavy atom. The van der Waals surface area contributed by atoms with Gasteiger partial charge in [0.2, 0.25) is 11.9 Å². The zero-order valence-corrected chi connectivity index (χ0v) is 16.0. The van der Waals surface area contributed by atoms with Gasteiger partial charge >= 0.3 is 5.97 Å². The molecule has 28 heavy (non-hydrogen) atoms. The van der Waals surface area contributed by atoms with Crippen molar-refractivity contribution in [3.8, 4) is 0 Å². The van der Waals surface area contributed by atoms with Gasteiger partial charge < -0.3 is 15.0 Å². The van der Waals surface area contributed by atoms with Crippen molar-refractivity contribution in [3.05, 3.63) is 66.1 Å². The minimum Gasteiger partial charge on any atom is -0.463 e. The largest absolute Gasteiger partial charge is 0.463 e. The van der Waals surface area contributed by atoms with Crippen molar-refractivity contribution < 1.29 is 14.3 Å². The Bertz CT molecular complexity index is 904. The highest BCUT2D eigenvalue weighted by Crippen LogP contribution is 2.38. The Kier molecular flexibility index (Phi) is 5.88. The SMILES string of the molecule is C=CCNC(=O)CN1C(C)=C(C(=O)OCC)C(c2ccccc2)n2ncnc21. The number of ether oxygens (including phenoxy) is 1. The second-order valence-electron chi connectivity index (χ2n) is 6.22. The van der Waals surface area contributed by atoms with Crippen molar-refractivity contribution in [3.63, 3.8) is 0 Å². The van der Waals surface area contributed by atoms with Crippen molar-refractivity contribution in [2.75, 3.05) is 24.6 Å². The van der Waals surface area contributed by atoms with Crippen LogP contribution in [0.1, 0.15) is 25.5 Å². The van der Waals surface area contributed by atoms with E-state index in [1.165, 1.54) is 6.33 Å². The average Bonchev–Trinajstić information content (AvgIpc) is 3.18. The number of aromatic nitrogens is 3. The van der Waals surface area contributed by atoms with E-state index in [4.69, 9.17) is 4.74 Å². The molecule has 1 N–H and O–H groups in total. The molecular formula is C20H23N5O3. The molecule has 0 spiro atoms. The molecule has 0 fully saturated rings. The lowest BCUT2D eigenvalue weighted by atomic mass is 9.95. The molecule has 1 amide bonds. The van der Waals surface area contributed by atoms with Gasteiger partial charge in [0.05, 0.1) is 12.2 Å².